The first-order valence-corrected chi connectivity index (χ1v) is 9.96. The zero-order valence-electron chi connectivity index (χ0n) is 15.0. The fourth-order valence-electron chi connectivity index (χ4n) is 3.81. The molecule has 2 fully saturated rings. The van der Waals surface area contributed by atoms with E-state index in [0.29, 0.717) is 17.0 Å². The van der Waals surface area contributed by atoms with Crippen LogP contribution >= 0.6 is 12.4 Å². The van der Waals surface area contributed by atoms with Gasteiger partial charge in [-0.3, -0.25) is 0 Å². The summed E-state index contributed by atoms with van der Waals surface area (Å²) in [6.07, 6.45) is 4.20. The van der Waals surface area contributed by atoms with Crippen LogP contribution in [0.25, 0.3) is 0 Å². The van der Waals surface area contributed by atoms with E-state index in [9.17, 15) is 8.42 Å². The molecule has 0 aliphatic carbocycles. The normalized spacial score (nSPS) is 27.1. The molecule has 0 spiro atoms. The predicted octanol–water partition coefficient (Wildman–Crippen LogP) is 3.31. The Morgan fingerprint density at radius 1 is 1.04 bits per heavy atom. The summed E-state index contributed by atoms with van der Waals surface area (Å²) in [7, 11) is -1.68. The summed E-state index contributed by atoms with van der Waals surface area (Å²) in [6.45, 7) is 6.40. The van der Waals surface area contributed by atoms with Crippen molar-refractivity contribution in [2.24, 2.45) is 0 Å². The average molecular weight is 373 g/mol. The van der Waals surface area contributed by atoms with E-state index in [1.165, 1.54) is 12.8 Å². The van der Waals surface area contributed by atoms with Crippen LogP contribution in [0, 0.1) is 0 Å². The minimum absolute atomic E-state index is 0. The van der Waals surface area contributed by atoms with Gasteiger partial charge >= 0.3 is 0 Å². The Morgan fingerprint density at radius 3 is 2.00 bits per heavy atom. The fourth-order valence-corrected chi connectivity index (χ4v) is 5.19. The number of rotatable bonds is 3. The molecule has 2 atom stereocenters. The molecule has 2 bridgehead atoms. The highest BCUT2D eigenvalue weighted by atomic mass is 35.5. The van der Waals surface area contributed by atoms with Gasteiger partial charge in [-0.05, 0) is 48.8 Å². The van der Waals surface area contributed by atoms with Gasteiger partial charge in [0.2, 0.25) is 10.0 Å². The Hall–Kier alpha value is -0.620. The van der Waals surface area contributed by atoms with Crippen molar-refractivity contribution in [2.45, 2.75) is 74.9 Å². The summed E-state index contributed by atoms with van der Waals surface area (Å²) in [6, 6.07) is 8.46. The molecule has 4 nitrogen and oxygen atoms in total. The summed E-state index contributed by atoms with van der Waals surface area (Å²) >= 11 is 0. The van der Waals surface area contributed by atoms with Crippen molar-refractivity contribution in [1.29, 1.82) is 0 Å². The van der Waals surface area contributed by atoms with E-state index in [1.54, 1.807) is 23.5 Å². The maximum Gasteiger partial charge on any atom is 0.243 e. The van der Waals surface area contributed by atoms with Crippen molar-refractivity contribution < 1.29 is 8.42 Å². The Morgan fingerprint density at radius 2 is 1.54 bits per heavy atom. The molecular formula is C18H29ClN2O2S. The van der Waals surface area contributed by atoms with Gasteiger partial charge in [0.05, 0.1) is 4.90 Å². The SMILES string of the molecule is CN(C1CC2CCC(C1)N2)S(=O)(=O)c1ccc(C(C)(C)C)cc1.Cl. The van der Waals surface area contributed by atoms with Crippen LogP contribution < -0.4 is 5.32 Å². The van der Waals surface area contributed by atoms with Crippen molar-refractivity contribution >= 4 is 22.4 Å². The largest absolute Gasteiger partial charge is 0.311 e. The number of hydrogen-bond donors (Lipinski definition) is 1. The summed E-state index contributed by atoms with van der Waals surface area (Å²) in [4.78, 5) is 0.402. The summed E-state index contributed by atoms with van der Waals surface area (Å²) < 4.78 is 27.5. The highest BCUT2D eigenvalue weighted by Gasteiger charge is 2.38. The third kappa shape index (κ3) is 3.79. The molecule has 24 heavy (non-hydrogen) atoms. The molecule has 2 heterocycles. The first kappa shape index (κ1) is 19.7. The molecule has 3 rings (SSSR count). The lowest BCUT2D eigenvalue weighted by atomic mass is 9.87. The molecule has 1 aromatic carbocycles. The summed E-state index contributed by atoms with van der Waals surface area (Å²) in [5, 5.41) is 3.57. The van der Waals surface area contributed by atoms with Gasteiger partial charge in [0, 0.05) is 25.2 Å². The van der Waals surface area contributed by atoms with Crippen LogP contribution in [0.5, 0.6) is 0 Å². The molecule has 0 radical (unpaired) electrons. The highest BCUT2D eigenvalue weighted by molar-refractivity contribution is 7.89. The van der Waals surface area contributed by atoms with E-state index in [4.69, 9.17) is 0 Å². The van der Waals surface area contributed by atoms with E-state index in [-0.39, 0.29) is 23.9 Å². The lowest BCUT2D eigenvalue weighted by Crippen LogP contribution is -2.48. The molecule has 2 aliphatic heterocycles. The molecular weight excluding hydrogens is 344 g/mol. The van der Waals surface area contributed by atoms with Crippen molar-refractivity contribution in [1.82, 2.24) is 9.62 Å². The van der Waals surface area contributed by atoms with Crippen molar-refractivity contribution in [3.05, 3.63) is 29.8 Å². The second kappa shape index (κ2) is 6.94. The maximum atomic E-state index is 12.9. The summed E-state index contributed by atoms with van der Waals surface area (Å²) in [5.74, 6) is 0. The van der Waals surface area contributed by atoms with Crippen LogP contribution in [0.2, 0.25) is 0 Å². The van der Waals surface area contributed by atoms with Crippen LogP contribution in [0.15, 0.2) is 29.2 Å². The molecule has 2 saturated heterocycles. The molecule has 0 aromatic heterocycles. The molecule has 136 valence electrons. The van der Waals surface area contributed by atoms with Crippen LogP contribution in [0.3, 0.4) is 0 Å². The zero-order valence-corrected chi connectivity index (χ0v) is 16.6. The van der Waals surface area contributed by atoms with Gasteiger partial charge in [-0.25, -0.2) is 8.42 Å². The molecule has 1 aromatic rings. The minimum atomic E-state index is -3.41. The first-order chi connectivity index (χ1) is 10.7. The summed E-state index contributed by atoms with van der Waals surface area (Å²) in [5.41, 5.74) is 1.18. The first-order valence-electron chi connectivity index (χ1n) is 8.52. The van der Waals surface area contributed by atoms with Crippen molar-refractivity contribution in [3.8, 4) is 0 Å². The monoisotopic (exact) mass is 372 g/mol. The number of halogens is 1. The Kier molecular flexibility index (Phi) is 5.70. The number of benzene rings is 1. The Labute approximate surface area is 152 Å². The molecule has 0 amide bonds. The standard InChI is InChI=1S/C18H28N2O2S.ClH/c1-18(2,3)13-5-9-17(10-6-13)23(21,22)20(4)16-11-14-7-8-15(12-16)19-14;/h5-6,9-10,14-16,19H,7-8,11-12H2,1-4H3;1H. The van der Waals surface area contributed by atoms with E-state index in [2.05, 4.69) is 26.1 Å². The van der Waals surface area contributed by atoms with Gasteiger partial charge in [-0.2, -0.15) is 4.31 Å². The number of nitrogens with zero attached hydrogens (tertiary/aromatic N) is 1. The zero-order chi connectivity index (χ0) is 16.8. The van der Waals surface area contributed by atoms with Gasteiger partial charge in [0.1, 0.15) is 0 Å². The van der Waals surface area contributed by atoms with Gasteiger partial charge < -0.3 is 5.32 Å². The Balaban J connectivity index is 0.00000208. The lowest BCUT2D eigenvalue weighted by Gasteiger charge is -2.34. The smallest absolute Gasteiger partial charge is 0.243 e. The Bertz CT molecular complexity index is 655. The van der Waals surface area contributed by atoms with Gasteiger partial charge in [0.15, 0.2) is 0 Å². The molecule has 0 saturated carbocycles. The van der Waals surface area contributed by atoms with Crippen molar-refractivity contribution in [2.75, 3.05) is 7.05 Å². The lowest BCUT2D eigenvalue weighted by molar-refractivity contribution is 0.251. The van der Waals surface area contributed by atoms with Crippen LogP contribution in [-0.4, -0.2) is 37.9 Å². The van der Waals surface area contributed by atoms with Gasteiger partial charge in [-0.1, -0.05) is 32.9 Å². The second-order valence-corrected chi connectivity index (χ2v) is 10.1. The molecule has 6 heteroatoms. The number of piperidine rings is 1. The third-order valence-electron chi connectivity index (χ3n) is 5.36. The number of fused-ring (bicyclic) bond motifs is 2. The molecule has 2 unspecified atom stereocenters. The second-order valence-electron chi connectivity index (χ2n) is 8.06. The van der Waals surface area contributed by atoms with E-state index in [1.807, 2.05) is 12.1 Å². The fraction of sp³-hybridized carbons (Fsp3) is 0.667. The highest BCUT2D eigenvalue weighted by Crippen LogP contribution is 2.32. The quantitative estimate of drug-likeness (QED) is 0.885. The van der Waals surface area contributed by atoms with Crippen LogP contribution in [0.1, 0.15) is 52.0 Å². The van der Waals surface area contributed by atoms with Gasteiger partial charge in [0.25, 0.3) is 0 Å². The van der Waals surface area contributed by atoms with Crippen LogP contribution in [0.4, 0.5) is 0 Å². The molecule has 2 aliphatic rings. The maximum absolute atomic E-state index is 12.9. The number of nitrogens with one attached hydrogen (secondary N) is 1. The van der Waals surface area contributed by atoms with Crippen LogP contribution in [-0.2, 0) is 15.4 Å². The third-order valence-corrected chi connectivity index (χ3v) is 7.28. The predicted molar refractivity (Wildman–Crippen MR) is 100 cm³/mol. The average Bonchev–Trinajstić information content (AvgIpc) is 2.84. The van der Waals surface area contributed by atoms with E-state index in [0.717, 1.165) is 18.4 Å². The number of hydrogen-bond acceptors (Lipinski definition) is 3. The van der Waals surface area contributed by atoms with E-state index >= 15 is 0 Å². The molecule has 1 N–H and O–H groups in total. The van der Waals surface area contributed by atoms with Crippen molar-refractivity contribution in [3.63, 3.8) is 0 Å². The topological polar surface area (TPSA) is 49.4 Å². The minimum Gasteiger partial charge on any atom is -0.311 e. The number of sulfonamides is 1. The van der Waals surface area contributed by atoms with E-state index < -0.39 is 10.0 Å². The van der Waals surface area contributed by atoms with Gasteiger partial charge in [-0.15, -0.1) is 12.4 Å².